The van der Waals surface area contributed by atoms with Gasteiger partial charge in [0.1, 0.15) is 59.4 Å². The Morgan fingerprint density at radius 3 is 2.33 bits per heavy atom. The molecule has 0 spiro atoms. The summed E-state index contributed by atoms with van der Waals surface area (Å²) in [5, 5.41) is 62.8. The van der Waals surface area contributed by atoms with Crippen LogP contribution in [-0.4, -0.2) is 110 Å². The number of hydrogen-bond acceptors (Lipinski definition) is 14. The molecule has 234 valence electrons. The van der Waals surface area contributed by atoms with Gasteiger partial charge in [-0.3, -0.25) is 9.59 Å². The van der Waals surface area contributed by atoms with E-state index in [-0.39, 0.29) is 29.3 Å². The molecular weight excluding hydrogens is 572 g/mol. The van der Waals surface area contributed by atoms with E-state index in [0.29, 0.717) is 0 Å². The third-order valence-corrected chi connectivity index (χ3v) is 7.60. The lowest BCUT2D eigenvalue weighted by Crippen LogP contribution is -2.65. The van der Waals surface area contributed by atoms with E-state index in [4.69, 9.17) is 28.4 Å². The molecule has 6 N–H and O–H groups in total. The van der Waals surface area contributed by atoms with E-state index in [0.717, 1.165) is 18.6 Å². The van der Waals surface area contributed by atoms with Gasteiger partial charge in [0.2, 0.25) is 6.29 Å². The van der Waals surface area contributed by atoms with Gasteiger partial charge in [0.25, 0.3) is 0 Å². The number of hydrogen-bond donors (Lipinski definition) is 6. The lowest BCUT2D eigenvalue weighted by molar-refractivity contribution is -0.355. The minimum Gasteiger partial charge on any atom is -0.507 e. The fourth-order valence-corrected chi connectivity index (χ4v) is 5.35. The Labute approximate surface area is 245 Å². The second kappa shape index (κ2) is 12.7. The minimum absolute atomic E-state index is 0.00144. The van der Waals surface area contributed by atoms with Crippen LogP contribution in [0.2, 0.25) is 0 Å². The quantitative estimate of drug-likeness (QED) is 0.224. The topological polar surface area (TPSA) is 211 Å². The van der Waals surface area contributed by atoms with Crippen molar-refractivity contribution in [3.63, 3.8) is 0 Å². The molecule has 43 heavy (non-hydrogen) atoms. The number of benzene rings is 2. The summed E-state index contributed by atoms with van der Waals surface area (Å²) in [4.78, 5) is 24.6. The summed E-state index contributed by atoms with van der Waals surface area (Å²) in [7, 11) is 0. The summed E-state index contributed by atoms with van der Waals surface area (Å²) in [6.45, 7) is 1.80. The molecule has 0 radical (unpaired) electrons. The molecule has 0 unspecified atom stereocenters. The number of ether oxygens (including phenoxy) is 6. The molecule has 0 saturated carbocycles. The number of carbonyl (C=O) groups is 2. The summed E-state index contributed by atoms with van der Waals surface area (Å²) >= 11 is 0. The molecule has 3 aliphatic heterocycles. The molecule has 14 nitrogen and oxygen atoms in total. The van der Waals surface area contributed by atoms with Crippen LogP contribution in [0.3, 0.4) is 0 Å². The van der Waals surface area contributed by atoms with Crippen LogP contribution >= 0.6 is 0 Å². The summed E-state index contributed by atoms with van der Waals surface area (Å²) in [5.41, 5.74) is 0.706. The van der Waals surface area contributed by atoms with Crippen molar-refractivity contribution in [2.24, 2.45) is 0 Å². The second-order valence-electron chi connectivity index (χ2n) is 10.7. The van der Waals surface area contributed by atoms with Crippen molar-refractivity contribution < 1.29 is 68.6 Å². The van der Waals surface area contributed by atoms with Crippen LogP contribution in [0.5, 0.6) is 17.2 Å². The SMILES string of the molecule is CC(=O)O[C@H]1[C@H](O[C@H]2[C@H](Oc3cc(O)c4c(c3)O[C@H](c3ccccc3)CC4=O)O[C@H](CO)[C@@H](O)[C@@H]2O)O[C@@H](C)[C@H](O)[C@H]1O. The highest BCUT2D eigenvalue weighted by molar-refractivity contribution is 6.02. The van der Waals surface area contributed by atoms with Crippen LogP contribution < -0.4 is 9.47 Å². The van der Waals surface area contributed by atoms with E-state index in [2.05, 4.69) is 0 Å². The molecule has 5 rings (SSSR count). The molecule has 0 amide bonds. The Balaban J connectivity index is 1.43. The fourth-order valence-electron chi connectivity index (χ4n) is 5.35. The first kappa shape index (κ1) is 31.1. The van der Waals surface area contributed by atoms with Crippen LogP contribution in [-0.2, 0) is 23.7 Å². The smallest absolute Gasteiger partial charge is 0.303 e. The van der Waals surface area contributed by atoms with Crippen molar-refractivity contribution >= 4 is 11.8 Å². The number of Topliss-reactive ketones (excluding diaryl/α,β-unsaturated/α-hetero) is 1. The Kier molecular flexibility index (Phi) is 9.20. The molecule has 3 aliphatic rings. The number of ketones is 1. The minimum atomic E-state index is -1.76. The molecule has 11 atom stereocenters. The maximum atomic E-state index is 12.9. The van der Waals surface area contributed by atoms with E-state index in [1.807, 2.05) is 6.07 Å². The molecule has 2 fully saturated rings. The normalized spacial score (nSPS) is 35.9. The van der Waals surface area contributed by atoms with E-state index < -0.39 is 85.8 Å². The number of fused-ring (bicyclic) bond motifs is 1. The molecule has 3 heterocycles. The lowest BCUT2D eigenvalue weighted by atomic mass is 9.95. The van der Waals surface area contributed by atoms with E-state index in [1.54, 1.807) is 24.3 Å². The second-order valence-corrected chi connectivity index (χ2v) is 10.7. The highest BCUT2D eigenvalue weighted by atomic mass is 16.8. The monoisotopic (exact) mass is 606 g/mol. The molecule has 0 bridgehead atoms. The number of aromatic hydroxyl groups is 1. The van der Waals surface area contributed by atoms with Gasteiger partial charge in [-0.2, -0.15) is 0 Å². The summed E-state index contributed by atoms with van der Waals surface area (Å²) in [6, 6.07) is 11.5. The third-order valence-electron chi connectivity index (χ3n) is 7.60. The zero-order valence-corrected chi connectivity index (χ0v) is 23.3. The molecule has 0 aliphatic carbocycles. The zero-order valence-electron chi connectivity index (χ0n) is 23.3. The Hall–Kier alpha value is -3.34. The van der Waals surface area contributed by atoms with Gasteiger partial charge in [-0.05, 0) is 12.5 Å². The first-order valence-corrected chi connectivity index (χ1v) is 13.7. The molecule has 14 heteroatoms. The van der Waals surface area contributed by atoms with Crippen molar-refractivity contribution in [2.75, 3.05) is 6.61 Å². The number of aliphatic hydroxyl groups is 5. The van der Waals surface area contributed by atoms with E-state index in [1.165, 1.54) is 13.0 Å². The van der Waals surface area contributed by atoms with Crippen molar-refractivity contribution in [3.05, 3.63) is 53.6 Å². The average molecular weight is 607 g/mol. The van der Waals surface area contributed by atoms with Crippen molar-refractivity contribution in [2.45, 2.75) is 87.8 Å². The van der Waals surface area contributed by atoms with E-state index >= 15 is 0 Å². The largest absolute Gasteiger partial charge is 0.507 e. The van der Waals surface area contributed by atoms with Crippen molar-refractivity contribution in [1.29, 1.82) is 0 Å². The predicted octanol–water partition coefficient (Wildman–Crippen LogP) is -0.300. The predicted molar refractivity (Wildman–Crippen MR) is 142 cm³/mol. The molecule has 2 saturated heterocycles. The van der Waals surface area contributed by atoms with Gasteiger partial charge >= 0.3 is 5.97 Å². The molecule has 2 aromatic rings. The maximum absolute atomic E-state index is 12.9. The molecule has 0 aromatic heterocycles. The Morgan fingerprint density at radius 1 is 0.953 bits per heavy atom. The maximum Gasteiger partial charge on any atom is 0.303 e. The number of carbonyl (C=O) groups excluding carboxylic acids is 2. The van der Waals surface area contributed by atoms with Crippen LogP contribution in [0.25, 0.3) is 0 Å². The van der Waals surface area contributed by atoms with Gasteiger partial charge in [-0.25, -0.2) is 0 Å². The van der Waals surface area contributed by atoms with Crippen LogP contribution in [0.1, 0.15) is 42.3 Å². The van der Waals surface area contributed by atoms with Crippen LogP contribution in [0.15, 0.2) is 42.5 Å². The van der Waals surface area contributed by atoms with Gasteiger partial charge < -0.3 is 59.1 Å². The van der Waals surface area contributed by atoms with Crippen molar-refractivity contribution in [3.8, 4) is 17.2 Å². The van der Waals surface area contributed by atoms with Crippen LogP contribution in [0.4, 0.5) is 0 Å². The van der Waals surface area contributed by atoms with Gasteiger partial charge in [-0.15, -0.1) is 0 Å². The average Bonchev–Trinajstić information content (AvgIpc) is 2.97. The Bertz CT molecular complexity index is 1300. The summed E-state index contributed by atoms with van der Waals surface area (Å²) in [5.74, 6) is -1.66. The van der Waals surface area contributed by atoms with Gasteiger partial charge in [0.05, 0.1) is 19.1 Å². The fraction of sp³-hybridized carbons (Fsp3) is 0.517. The number of rotatable bonds is 7. The first-order chi connectivity index (χ1) is 20.5. The van der Waals surface area contributed by atoms with E-state index in [9.17, 15) is 40.2 Å². The highest BCUT2D eigenvalue weighted by Crippen LogP contribution is 2.43. The lowest BCUT2D eigenvalue weighted by Gasteiger charge is -2.46. The third kappa shape index (κ3) is 6.32. The van der Waals surface area contributed by atoms with Gasteiger partial charge in [0.15, 0.2) is 24.3 Å². The van der Waals surface area contributed by atoms with Crippen LogP contribution in [0, 0.1) is 0 Å². The molecule has 2 aromatic carbocycles. The molecular formula is C29H34O14. The number of phenolic OH excluding ortho intramolecular Hbond substituents is 1. The number of phenols is 1. The number of esters is 1. The van der Waals surface area contributed by atoms with Gasteiger partial charge in [-0.1, -0.05) is 30.3 Å². The standard InChI is InChI=1S/C29H34O14/c1-12-22(34)24(36)26(39-13(2)31)28(38-12)43-27-25(37)23(35)20(11-30)42-29(27)40-15-8-16(32)21-17(33)10-18(41-19(21)9-15)14-6-4-3-5-7-14/h3-9,12,18,20,22-30,32,34-37H,10-11H2,1-2H3/t12-,18-,20+,22-,23+,24+,25-,26+,27+,28-,29+/m0/s1. The van der Waals surface area contributed by atoms with Crippen molar-refractivity contribution in [1.82, 2.24) is 0 Å². The Morgan fingerprint density at radius 2 is 1.65 bits per heavy atom. The van der Waals surface area contributed by atoms with Gasteiger partial charge in [0, 0.05) is 19.1 Å². The number of aliphatic hydroxyl groups excluding tert-OH is 5. The zero-order chi connectivity index (χ0) is 31.0. The first-order valence-electron chi connectivity index (χ1n) is 13.7. The summed E-state index contributed by atoms with van der Waals surface area (Å²) < 4.78 is 34.3. The highest BCUT2D eigenvalue weighted by Gasteiger charge is 2.52. The summed E-state index contributed by atoms with van der Waals surface area (Å²) in [6.07, 6.45) is -15.7.